The van der Waals surface area contributed by atoms with Crippen LogP contribution in [0.2, 0.25) is 0 Å². The number of β-amino-alcohol motifs (C(OH)–C–C–N with tert-alkyl or cyclic N) is 1. The summed E-state index contributed by atoms with van der Waals surface area (Å²) < 4.78 is 1.72. The van der Waals surface area contributed by atoms with Crippen LogP contribution in [0.5, 0.6) is 0 Å². The Morgan fingerprint density at radius 2 is 2.12 bits per heavy atom. The van der Waals surface area contributed by atoms with E-state index in [4.69, 9.17) is 0 Å². The molecule has 1 fully saturated rings. The highest BCUT2D eigenvalue weighted by molar-refractivity contribution is 5.95. The first-order valence-corrected chi connectivity index (χ1v) is 8.79. The predicted molar refractivity (Wildman–Crippen MR) is 92.1 cm³/mol. The molecular weight excluding hydrogens is 320 g/mol. The van der Waals surface area contributed by atoms with Gasteiger partial charge in [-0.25, -0.2) is 4.68 Å². The fourth-order valence-corrected chi connectivity index (χ4v) is 3.24. The third kappa shape index (κ3) is 3.30. The normalized spacial score (nSPS) is 21.3. The maximum Gasteiger partial charge on any atom is 0.257 e. The van der Waals surface area contributed by atoms with E-state index in [0.29, 0.717) is 30.6 Å². The summed E-state index contributed by atoms with van der Waals surface area (Å²) >= 11 is 0. The van der Waals surface area contributed by atoms with Crippen molar-refractivity contribution in [3.05, 3.63) is 29.3 Å². The van der Waals surface area contributed by atoms with Gasteiger partial charge >= 0.3 is 0 Å². The van der Waals surface area contributed by atoms with Crippen LogP contribution in [-0.4, -0.2) is 54.2 Å². The van der Waals surface area contributed by atoms with Gasteiger partial charge in [0.25, 0.3) is 5.91 Å². The van der Waals surface area contributed by atoms with Crippen molar-refractivity contribution in [2.45, 2.75) is 58.1 Å². The highest BCUT2D eigenvalue weighted by Crippen LogP contribution is 2.31. The second-order valence-electron chi connectivity index (χ2n) is 7.39. The van der Waals surface area contributed by atoms with Gasteiger partial charge in [-0.15, -0.1) is 5.10 Å². The monoisotopic (exact) mass is 346 g/mol. The maximum atomic E-state index is 12.9. The molecule has 136 valence electrons. The number of aliphatic hydroxyl groups is 1. The first-order chi connectivity index (χ1) is 11.8. The van der Waals surface area contributed by atoms with Gasteiger partial charge in [-0.05, 0) is 32.6 Å². The van der Waals surface area contributed by atoms with Crippen LogP contribution in [0.15, 0.2) is 12.4 Å². The van der Waals surface area contributed by atoms with Crippen LogP contribution in [-0.2, 0) is 5.60 Å². The zero-order chi connectivity index (χ0) is 18.2. The van der Waals surface area contributed by atoms with Crippen molar-refractivity contribution >= 4 is 5.91 Å². The summed E-state index contributed by atoms with van der Waals surface area (Å²) in [6.45, 7) is 8.87. The fraction of sp³-hybridized carbons (Fsp3) is 0.647. The first-order valence-electron chi connectivity index (χ1n) is 8.79. The zero-order valence-corrected chi connectivity index (χ0v) is 15.2. The summed E-state index contributed by atoms with van der Waals surface area (Å²) in [5.41, 5.74) is 0.757. The van der Waals surface area contributed by atoms with E-state index >= 15 is 0 Å². The van der Waals surface area contributed by atoms with E-state index in [1.807, 2.05) is 27.7 Å². The fourth-order valence-electron chi connectivity index (χ4n) is 3.24. The second kappa shape index (κ2) is 6.59. The molecule has 0 radical (unpaired) electrons. The van der Waals surface area contributed by atoms with Gasteiger partial charge in [0, 0.05) is 12.6 Å². The summed E-state index contributed by atoms with van der Waals surface area (Å²) in [6, 6.07) is 0.172. The van der Waals surface area contributed by atoms with Crippen LogP contribution in [0.3, 0.4) is 0 Å². The van der Waals surface area contributed by atoms with Gasteiger partial charge in [0.05, 0.1) is 30.2 Å². The molecule has 2 N–H and O–H groups in total. The lowest BCUT2D eigenvalue weighted by Gasteiger charge is -2.38. The highest BCUT2D eigenvalue weighted by Gasteiger charge is 2.40. The Labute approximate surface area is 147 Å². The maximum absolute atomic E-state index is 12.9. The van der Waals surface area contributed by atoms with E-state index in [1.165, 1.54) is 0 Å². The highest BCUT2D eigenvalue weighted by atomic mass is 16.3. The number of rotatable bonds is 4. The van der Waals surface area contributed by atoms with Gasteiger partial charge in [-0.3, -0.25) is 9.89 Å². The number of carbonyl (C=O) groups excluding carboxylic acids is 1. The Bertz CT molecular complexity index is 750. The quantitative estimate of drug-likeness (QED) is 0.880. The Balaban J connectivity index is 1.82. The van der Waals surface area contributed by atoms with Crippen molar-refractivity contribution in [2.24, 2.45) is 0 Å². The lowest BCUT2D eigenvalue weighted by Crippen LogP contribution is -2.48. The van der Waals surface area contributed by atoms with Gasteiger partial charge in [-0.1, -0.05) is 19.1 Å². The van der Waals surface area contributed by atoms with Gasteiger partial charge in [0.1, 0.15) is 11.3 Å². The van der Waals surface area contributed by atoms with E-state index in [-0.39, 0.29) is 24.4 Å². The van der Waals surface area contributed by atoms with Crippen LogP contribution >= 0.6 is 0 Å². The number of aromatic nitrogens is 5. The van der Waals surface area contributed by atoms with E-state index in [1.54, 1.807) is 22.0 Å². The molecule has 1 unspecified atom stereocenters. The molecule has 8 nitrogen and oxygen atoms in total. The molecule has 0 saturated carbocycles. The summed E-state index contributed by atoms with van der Waals surface area (Å²) in [5.74, 6) is 0.0721. The number of nitrogens with zero attached hydrogens (tertiary/aromatic N) is 5. The van der Waals surface area contributed by atoms with Crippen molar-refractivity contribution in [2.75, 3.05) is 13.1 Å². The summed E-state index contributed by atoms with van der Waals surface area (Å²) in [4.78, 5) is 14.6. The Morgan fingerprint density at radius 1 is 1.36 bits per heavy atom. The van der Waals surface area contributed by atoms with E-state index < -0.39 is 5.60 Å². The van der Waals surface area contributed by atoms with Crippen LogP contribution < -0.4 is 0 Å². The average molecular weight is 346 g/mol. The summed E-state index contributed by atoms with van der Waals surface area (Å²) in [7, 11) is 0. The molecule has 1 aliphatic rings. The SMILES string of the molecule is CC(C)c1[nH]ncc1C(=O)N1CCCC(O)(c2cn(C(C)C)nn2)C1. The molecule has 3 heterocycles. The number of likely N-dealkylation sites (tertiary alicyclic amines) is 1. The predicted octanol–water partition coefficient (Wildman–Crippen LogP) is 1.83. The summed E-state index contributed by atoms with van der Waals surface area (Å²) in [5, 5.41) is 26.2. The zero-order valence-electron chi connectivity index (χ0n) is 15.2. The lowest BCUT2D eigenvalue weighted by atomic mass is 9.89. The van der Waals surface area contributed by atoms with E-state index in [9.17, 15) is 9.90 Å². The third-order valence-electron chi connectivity index (χ3n) is 4.75. The van der Waals surface area contributed by atoms with Gasteiger partial charge in [-0.2, -0.15) is 5.10 Å². The minimum absolute atomic E-state index is 0.105. The molecule has 0 spiro atoms. The number of hydrogen-bond donors (Lipinski definition) is 2. The molecule has 3 rings (SSSR count). The average Bonchev–Trinajstić information content (AvgIpc) is 3.23. The Kier molecular flexibility index (Phi) is 4.64. The molecule has 2 aromatic heterocycles. The molecule has 1 atom stereocenters. The largest absolute Gasteiger partial charge is 0.382 e. The van der Waals surface area contributed by atoms with Crippen molar-refractivity contribution in [1.82, 2.24) is 30.1 Å². The Hall–Kier alpha value is -2.22. The molecule has 0 aromatic carbocycles. The standard InChI is InChI=1S/C17H26N6O2/c1-11(2)15-13(8-18-20-15)16(24)22-7-5-6-17(25,10-22)14-9-23(12(3)4)21-19-14/h8-9,11-12,25H,5-7,10H2,1-4H3,(H,18,20). The van der Waals surface area contributed by atoms with Gasteiger partial charge < -0.3 is 10.0 Å². The molecule has 1 aliphatic heterocycles. The minimum atomic E-state index is -1.16. The van der Waals surface area contributed by atoms with Crippen LogP contribution in [0.25, 0.3) is 0 Å². The first kappa shape index (κ1) is 17.6. The number of piperidine rings is 1. The van der Waals surface area contributed by atoms with Gasteiger partial charge in [0.2, 0.25) is 0 Å². The molecule has 0 aliphatic carbocycles. The summed E-state index contributed by atoms with van der Waals surface area (Å²) in [6.07, 6.45) is 4.62. The molecule has 1 saturated heterocycles. The van der Waals surface area contributed by atoms with Crippen LogP contribution in [0, 0.1) is 0 Å². The number of hydrogen-bond acceptors (Lipinski definition) is 5. The van der Waals surface area contributed by atoms with Gasteiger partial charge in [0.15, 0.2) is 0 Å². The Morgan fingerprint density at radius 3 is 2.76 bits per heavy atom. The molecule has 1 amide bonds. The molecule has 8 heteroatoms. The van der Waals surface area contributed by atoms with Crippen LogP contribution in [0.4, 0.5) is 0 Å². The van der Waals surface area contributed by atoms with Crippen molar-refractivity contribution in [3.8, 4) is 0 Å². The third-order valence-corrected chi connectivity index (χ3v) is 4.75. The molecule has 2 aromatic rings. The number of amides is 1. The van der Waals surface area contributed by atoms with Crippen LogP contribution in [0.1, 0.15) is 74.2 Å². The number of H-pyrrole nitrogens is 1. The lowest BCUT2D eigenvalue weighted by molar-refractivity contribution is -0.0321. The molecule has 25 heavy (non-hydrogen) atoms. The number of aromatic amines is 1. The van der Waals surface area contributed by atoms with Crippen molar-refractivity contribution in [3.63, 3.8) is 0 Å². The number of nitrogens with one attached hydrogen (secondary N) is 1. The van der Waals surface area contributed by atoms with E-state index in [2.05, 4.69) is 20.5 Å². The van der Waals surface area contributed by atoms with Crippen molar-refractivity contribution in [1.29, 1.82) is 0 Å². The van der Waals surface area contributed by atoms with E-state index in [0.717, 1.165) is 5.69 Å². The van der Waals surface area contributed by atoms with Crippen molar-refractivity contribution < 1.29 is 9.90 Å². The number of carbonyl (C=O) groups is 1. The molecule has 0 bridgehead atoms. The topological polar surface area (TPSA) is 99.9 Å². The molecular formula is C17H26N6O2. The minimum Gasteiger partial charge on any atom is -0.382 e. The smallest absolute Gasteiger partial charge is 0.257 e. The second-order valence-corrected chi connectivity index (χ2v) is 7.39.